The van der Waals surface area contributed by atoms with E-state index in [1.54, 1.807) is 7.11 Å². The average Bonchev–Trinajstić information content (AvgIpc) is 2.28. The minimum absolute atomic E-state index is 0.0454. The van der Waals surface area contributed by atoms with Gasteiger partial charge in [0.15, 0.2) is 0 Å². The quantitative estimate of drug-likeness (QED) is 0.848. The molecule has 16 heavy (non-hydrogen) atoms. The molecular formula is C14H23NO. The van der Waals surface area contributed by atoms with Gasteiger partial charge in [0, 0.05) is 17.5 Å². The fourth-order valence-electron chi connectivity index (χ4n) is 1.72. The Hall–Kier alpha value is -1.02. The molecule has 0 aliphatic carbocycles. The van der Waals surface area contributed by atoms with Gasteiger partial charge in [-0.1, -0.05) is 39.8 Å². The van der Waals surface area contributed by atoms with Crippen molar-refractivity contribution in [3.05, 3.63) is 29.3 Å². The molecule has 0 atom stereocenters. The van der Waals surface area contributed by atoms with Gasteiger partial charge in [0.1, 0.15) is 5.75 Å². The van der Waals surface area contributed by atoms with Gasteiger partial charge in [0.25, 0.3) is 0 Å². The lowest BCUT2D eigenvalue weighted by Gasteiger charge is -2.26. The third-order valence-electron chi connectivity index (χ3n) is 3.13. The van der Waals surface area contributed by atoms with Crippen LogP contribution in [0, 0.1) is 0 Å². The smallest absolute Gasteiger partial charge is 0.122 e. The summed E-state index contributed by atoms with van der Waals surface area (Å²) in [5, 5.41) is 0. The van der Waals surface area contributed by atoms with Crippen molar-refractivity contribution in [1.82, 2.24) is 0 Å². The van der Waals surface area contributed by atoms with Gasteiger partial charge in [0.05, 0.1) is 7.11 Å². The molecule has 0 amide bonds. The van der Waals surface area contributed by atoms with E-state index in [0.29, 0.717) is 12.5 Å². The first kappa shape index (κ1) is 13.0. The van der Waals surface area contributed by atoms with E-state index in [2.05, 4.69) is 39.8 Å². The largest absolute Gasteiger partial charge is 0.496 e. The lowest BCUT2D eigenvalue weighted by Crippen LogP contribution is -2.28. The van der Waals surface area contributed by atoms with Crippen LogP contribution in [0.2, 0.25) is 0 Å². The van der Waals surface area contributed by atoms with Gasteiger partial charge >= 0.3 is 0 Å². The van der Waals surface area contributed by atoms with Crippen molar-refractivity contribution >= 4 is 0 Å². The average molecular weight is 221 g/mol. The Morgan fingerprint density at radius 3 is 2.38 bits per heavy atom. The predicted molar refractivity (Wildman–Crippen MR) is 69.2 cm³/mol. The van der Waals surface area contributed by atoms with Crippen LogP contribution < -0.4 is 10.5 Å². The summed E-state index contributed by atoms with van der Waals surface area (Å²) in [6, 6.07) is 6.39. The maximum absolute atomic E-state index is 5.83. The third kappa shape index (κ3) is 2.56. The standard InChI is InChI=1S/C14H23NO/c1-10(2)11-6-7-13(16-5)12(8-11)14(3,4)9-15/h6-8,10H,9,15H2,1-5H3. The molecular weight excluding hydrogens is 198 g/mol. The summed E-state index contributed by atoms with van der Waals surface area (Å²) in [5.74, 6) is 1.46. The van der Waals surface area contributed by atoms with Gasteiger partial charge in [-0.15, -0.1) is 0 Å². The lowest BCUT2D eigenvalue weighted by molar-refractivity contribution is 0.393. The number of nitrogens with two attached hydrogens (primary N) is 1. The first-order valence-electron chi connectivity index (χ1n) is 5.81. The maximum atomic E-state index is 5.83. The highest BCUT2D eigenvalue weighted by Gasteiger charge is 2.23. The van der Waals surface area contributed by atoms with E-state index in [0.717, 1.165) is 5.75 Å². The number of benzene rings is 1. The molecule has 0 bridgehead atoms. The van der Waals surface area contributed by atoms with Crippen LogP contribution >= 0.6 is 0 Å². The predicted octanol–water partition coefficient (Wildman–Crippen LogP) is 3.05. The number of hydrogen-bond acceptors (Lipinski definition) is 2. The zero-order chi connectivity index (χ0) is 12.3. The Morgan fingerprint density at radius 2 is 1.94 bits per heavy atom. The van der Waals surface area contributed by atoms with Gasteiger partial charge in [-0.3, -0.25) is 0 Å². The van der Waals surface area contributed by atoms with Crippen molar-refractivity contribution in [2.45, 2.75) is 39.0 Å². The molecule has 0 saturated heterocycles. The second-order valence-electron chi connectivity index (χ2n) is 5.20. The number of ether oxygens (including phenoxy) is 1. The zero-order valence-electron chi connectivity index (χ0n) is 11.0. The number of hydrogen-bond donors (Lipinski definition) is 1. The molecule has 0 fully saturated rings. The normalized spacial score (nSPS) is 11.9. The molecule has 90 valence electrons. The fraction of sp³-hybridized carbons (Fsp3) is 0.571. The Labute approximate surface area is 98.8 Å². The molecule has 2 N–H and O–H groups in total. The van der Waals surface area contributed by atoms with E-state index in [9.17, 15) is 0 Å². The third-order valence-corrected chi connectivity index (χ3v) is 3.13. The summed E-state index contributed by atoms with van der Waals surface area (Å²) in [7, 11) is 1.71. The van der Waals surface area contributed by atoms with Crippen molar-refractivity contribution < 1.29 is 4.74 Å². The van der Waals surface area contributed by atoms with E-state index in [1.807, 2.05) is 6.07 Å². The molecule has 0 aliphatic rings. The Bertz CT molecular complexity index is 356. The molecule has 0 radical (unpaired) electrons. The summed E-state index contributed by atoms with van der Waals surface area (Å²) in [6.07, 6.45) is 0. The molecule has 0 heterocycles. The van der Waals surface area contributed by atoms with Gasteiger partial charge in [-0.25, -0.2) is 0 Å². The Morgan fingerprint density at radius 1 is 1.31 bits per heavy atom. The topological polar surface area (TPSA) is 35.2 Å². The zero-order valence-corrected chi connectivity index (χ0v) is 11.0. The molecule has 1 rings (SSSR count). The Balaban J connectivity index is 3.27. The summed E-state index contributed by atoms with van der Waals surface area (Å²) < 4.78 is 5.41. The van der Waals surface area contributed by atoms with Crippen LogP contribution in [0.15, 0.2) is 18.2 Å². The van der Waals surface area contributed by atoms with Crippen LogP contribution in [-0.4, -0.2) is 13.7 Å². The maximum Gasteiger partial charge on any atom is 0.122 e. The molecule has 0 unspecified atom stereocenters. The molecule has 1 aromatic rings. The number of methoxy groups -OCH3 is 1. The van der Waals surface area contributed by atoms with Gasteiger partial charge in [-0.2, -0.15) is 0 Å². The van der Waals surface area contributed by atoms with Gasteiger partial charge < -0.3 is 10.5 Å². The summed E-state index contributed by atoms with van der Waals surface area (Å²) >= 11 is 0. The van der Waals surface area contributed by atoms with Crippen LogP contribution in [0.1, 0.15) is 44.7 Å². The summed E-state index contributed by atoms with van der Waals surface area (Å²) in [5.41, 5.74) is 8.32. The Kier molecular flexibility index (Phi) is 3.98. The van der Waals surface area contributed by atoms with E-state index < -0.39 is 0 Å². The van der Waals surface area contributed by atoms with Crippen LogP contribution in [0.3, 0.4) is 0 Å². The molecule has 1 aromatic carbocycles. The lowest BCUT2D eigenvalue weighted by atomic mass is 9.82. The molecule has 0 aromatic heterocycles. The van der Waals surface area contributed by atoms with Gasteiger partial charge in [-0.05, 0) is 17.5 Å². The van der Waals surface area contributed by atoms with Crippen LogP contribution in [0.25, 0.3) is 0 Å². The second-order valence-corrected chi connectivity index (χ2v) is 5.20. The first-order valence-corrected chi connectivity index (χ1v) is 5.81. The van der Waals surface area contributed by atoms with E-state index >= 15 is 0 Å². The summed E-state index contributed by atoms with van der Waals surface area (Å²) in [4.78, 5) is 0. The highest BCUT2D eigenvalue weighted by Crippen LogP contribution is 2.33. The number of rotatable bonds is 4. The van der Waals surface area contributed by atoms with Crippen molar-refractivity contribution in [3.63, 3.8) is 0 Å². The first-order chi connectivity index (χ1) is 7.42. The van der Waals surface area contributed by atoms with E-state index in [1.165, 1.54) is 11.1 Å². The minimum atomic E-state index is -0.0454. The van der Waals surface area contributed by atoms with Crippen molar-refractivity contribution in [1.29, 1.82) is 0 Å². The van der Waals surface area contributed by atoms with Crippen molar-refractivity contribution in [2.75, 3.05) is 13.7 Å². The van der Waals surface area contributed by atoms with E-state index in [4.69, 9.17) is 10.5 Å². The highest BCUT2D eigenvalue weighted by atomic mass is 16.5. The van der Waals surface area contributed by atoms with Crippen molar-refractivity contribution in [3.8, 4) is 5.75 Å². The fourth-order valence-corrected chi connectivity index (χ4v) is 1.72. The van der Waals surface area contributed by atoms with E-state index in [-0.39, 0.29) is 5.41 Å². The second kappa shape index (κ2) is 4.88. The van der Waals surface area contributed by atoms with Crippen molar-refractivity contribution in [2.24, 2.45) is 5.73 Å². The SMILES string of the molecule is COc1ccc(C(C)C)cc1C(C)(C)CN. The molecule has 0 spiro atoms. The van der Waals surface area contributed by atoms with Crippen LogP contribution in [-0.2, 0) is 5.41 Å². The highest BCUT2D eigenvalue weighted by molar-refractivity contribution is 5.43. The minimum Gasteiger partial charge on any atom is -0.496 e. The van der Waals surface area contributed by atoms with Gasteiger partial charge in [0.2, 0.25) is 0 Å². The van der Waals surface area contributed by atoms with Crippen LogP contribution in [0.5, 0.6) is 5.75 Å². The summed E-state index contributed by atoms with van der Waals surface area (Å²) in [6.45, 7) is 9.30. The molecule has 2 nitrogen and oxygen atoms in total. The molecule has 2 heteroatoms. The van der Waals surface area contributed by atoms with Crippen LogP contribution in [0.4, 0.5) is 0 Å². The monoisotopic (exact) mass is 221 g/mol. The molecule has 0 saturated carbocycles. The molecule has 0 aliphatic heterocycles.